The fraction of sp³-hybridized carbons (Fsp3) is 0.0909. The Morgan fingerprint density at radius 3 is 2.30 bits per heavy atom. The topological polar surface area (TPSA) is 58.2 Å². The summed E-state index contributed by atoms with van der Waals surface area (Å²) < 4.78 is 0. The van der Waals surface area contributed by atoms with Gasteiger partial charge in [-0.3, -0.25) is 9.59 Å². The molecule has 0 aliphatic rings. The van der Waals surface area contributed by atoms with Gasteiger partial charge in [0.2, 0.25) is 0 Å². The van der Waals surface area contributed by atoms with E-state index in [0.717, 1.165) is 11.1 Å². The average molecular weight is 379 g/mol. The molecule has 0 atom stereocenters. The Hall–Kier alpha value is -3.11. The first-order chi connectivity index (χ1) is 13.0. The van der Waals surface area contributed by atoms with Gasteiger partial charge < -0.3 is 10.6 Å². The lowest BCUT2D eigenvalue weighted by molar-refractivity contribution is 0.0951. The zero-order chi connectivity index (χ0) is 19.2. The predicted octanol–water partition coefficient (Wildman–Crippen LogP) is 4.83. The summed E-state index contributed by atoms with van der Waals surface area (Å²) in [7, 11) is 0. The molecule has 0 heterocycles. The van der Waals surface area contributed by atoms with Crippen LogP contribution < -0.4 is 10.6 Å². The Balaban J connectivity index is 1.69. The van der Waals surface area contributed by atoms with Crippen LogP contribution in [0.3, 0.4) is 0 Å². The van der Waals surface area contributed by atoms with E-state index in [1.54, 1.807) is 36.4 Å². The molecule has 2 amide bonds. The summed E-state index contributed by atoms with van der Waals surface area (Å²) in [6.45, 7) is 2.32. The van der Waals surface area contributed by atoms with Crippen LogP contribution in [0.15, 0.2) is 72.8 Å². The van der Waals surface area contributed by atoms with Crippen LogP contribution in [0, 0.1) is 6.92 Å². The van der Waals surface area contributed by atoms with E-state index in [9.17, 15) is 9.59 Å². The van der Waals surface area contributed by atoms with Gasteiger partial charge in [-0.25, -0.2) is 0 Å². The minimum Gasteiger partial charge on any atom is -0.348 e. The van der Waals surface area contributed by atoms with Gasteiger partial charge in [0.15, 0.2) is 0 Å². The highest BCUT2D eigenvalue weighted by Gasteiger charge is 2.12. The first-order valence-corrected chi connectivity index (χ1v) is 8.90. The second kappa shape index (κ2) is 8.52. The average Bonchev–Trinajstić information content (AvgIpc) is 2.69. The zero-order valence-corrected chi connectivity index (χ0v) is 15.6. The van der Waals surface area contributed by atoms with E-state index < -0.39 is 0 Å². The molecule has 0 aliphatic heterocycles. The fourth-order valence-electron chi connectivity index (χ4n) is 2.61. The normalized spacial score (nSPS) is 10.3. The van der Waals surface area contributed by atoms with E-state index in [2.05, 4.69) is 10.6 Å². The van der Waals surface area contributed by atoms with E-state index in [4.69, 9.17) is 11.6 Å². The molecule has 0 radical (unpaired) electrons. The molecule has 3 aromatic carbocycles. The Labute approximate surface area is 163 Å². The molecule has 0 spiro atoms. The summed E-state index contributed by atoms with van der Waals surface area (Å²) in [5.74, 6) is -0.523. The quantitative estimate of drug-likeness (QED) is 0.668. The number of amides is 2. The van der Waals surface area contributed by atoms with Gasteiger partial charge in [-0.05, 0) is 48.4 Å². The number of hydrogen-bond acceptors (Lipinski definition) is 2. The Kier molecular flexibility index (Phi) is 5.89. The van der Waals surface area contributed by atoms with Gasteiger partial charge in [-0.1, -0.05) is 54.1 Å². The van der Waals surface area contributed by atoms with Crippen LogP contribution in [0.5, 0.6) is 0 Å². The van der Waals surface area contributed by atoms with Crippen molar-refractivity contribution in [3.63, 3.8) is 0 Å². The van der Waals surface area contributed by atoms with E-state index in [0.29, 0.717) is 28.4 Å². The molecule has 4 nitrogen and oxygen atoms in total. The first-order valence-electron chi connectivity index (χ1n) is 8.52. The summed E-state index contributed by atoms with van der Waals surface area (Å²) in [6.07, 6.45) is 0. The molecule has 136 valence electrons. The summed E-state index contributed by atoms with van der Waals surface area (Å²) in [6, 6.07) is 21.6. The van der Waals surface area contributed by atoms with Crippen LogP contribution in [0.2, 0.25) is 5.02 Å². The van der Waals surface area contributed by atoms with Crippen molar-refractivity contribution >= 4 is 29.1 Å². The number of halogens is 1. The number of benzene rings is 3. The molecule has 0 saturated heterocycles. The number of carbonyl (C=O) groups is 2. The number of anilines is 1. The molecule has 0 saturated carbocycles. The lowest BCUT2D eigenvalue weighted by atomic mass is 10.1. The smallest absolute Gasteiger partial charge is 0.255 e. The van der Waals surface area contributed by atoms with Gasteiger partial charge in [0, 0.05) is 28.4 Å². The van der Waals surface area contributed by atoms with Crippen LogP contribution in [-0.4, -0.2) is 11.8 Å². The maximum absolute atomic E-state index is 12.5. The number of hydrogen-bond donors (Lipinski definition) is 2. The largest absolute Gasteiger partial charge is 0.348 e. The van der Waals surface area contributed by atoms with Crippen molar-refractivity contribution in [3.8, 4) is 0 Å². The number of aryl methyl sites for hydroxylation is 1. The maximum Gasteiger partial charge on any atom is 0.255 e. The fourth-order valence-corrected chi connectivity index (χ4v) is 2.78. The SMILES string of the molecule is Cc1ccc(Cl)cc1NC(=O)c1cccc(C(=O)NCc2ccccc2)c1. The monoisotopic (exact) mass is 378 g/mol. The zero-order valence-electron chi connectivity index (χ0n) is 14.8. The van der Waals surface area contributed by atoms with E-state index in [-0.39, 0.29) is 11.8 Å². The molecule has 3 aromatic rings. The third kappa shape index (κ3) is 4.96. The summed E-state index contributed by atoms with van der Waals surface area (Å²) in [4.78, 5) is 24.9. The van der Waals surface area contributed by atoms with Gasteiger partial charge in [-0.2, -0.15) is 0 Å². The van der Waals surface area contributed by atoms with E-state index in [1.165, 1.54) is 0 Å². The molecule has 27 heavy (non-hydrogen) atoms. The van der Waals surface area contributed by atoms with Crippen molar-refractivity contribution in [3.05, 3.63) is 100 Å². The molecule has 0 aliphatic carbocycles. The predicted molar refractivity (Wildman–Crippen MR) is 108 cm³/mol. The number of carbonyl (C=O) groups excluding carboxylic acids is 2. The van der Waals surface area contributed by atoms with Crippen LogP contribution in [0.25, 0.3) is 0 Å². The summed E-state index contributed by atoms with van der Waals surface area (Å²) in [5.41, 5.74) is 3.40. The highest BCUT2D eigenvalue weighted by atomic mass is 35.5. The van der Waals surface area contributed by atoms with Crippen molar-refractivity contribution in [1.29, 1.82) is 0 Å². The molecule has 3 rings (SSSR count). The lowest BCUT2D eigenvalue weighted by Crippen LogP contribution is -2.23. The van der Waals surface area contributed by atoms with Crippen molar-refractivity contribution in [1.82, 2.24) is 5.32 Å². The molecule has 0 unspecified atom stereocenters. The first kappa shape index (κ1) is 18.7. The molecule has 5 heteroatoms. The second-order valence-electron chi connectivity index (χ2n) is 6.16. The number of nitrogens with one attached hydrogen (secondary N) is 2. The molecule has 0 aromatic heterocycles. The van der Waals surface area contributed by atoms with Gasteiger partial charge in [-0.15, -0.1) is 0 Å². The Morgan fingerprint density at radius 1 is 0.852 bits per heavy atom. The van der Waals surface area contributed by atoms with Gasteiger partial charge in [0.1, 0.15) is 0 Å². The van der Waals surface area contributed by atoms with Crippen molar-refractivity contribution < 1.29 is 9.59 Å². The molecular formula is C22H19ClN2O2. The van der Waals surface area contributed by atoms with Crippen molar-refractivity contribution in [2.75, 3.05) is 5.32 Å². The Bertz CT molecular complexity index is 971. The third-order valence-corrected chi connectivity index (χ3v) is 4.37. The lowest BCUT2D eigenvalue weighted by Gasteiger charge is -2.10. The molecule has 2 N–H and O–H groups in total. The minimum absolute atomic E-state index is 0.229. The van der Waals surface area contributed by atoms with Crippen LogP contribution in [-0.2, 0) is 6.54 Å². The minimum atomic E-state index is -0.293. The van der Waals surface area contributed by atoms with Gasteiger partial charge >= 0.3 is 0 Å². The molecule has 0 fully saturated rings. The summed E-state index contributed by atoms with van der Waals surface area (Å²) >= 11 is 5.99. The highest BCUT2D eigenvalue weighted by molar-refractivity contribution is 6.31. The van der Waals surface area contributed by atoms with Gasteiger partial charge in [0.25, 0.3) is 11.8 Å². The van der Waals surface area contributed by atoms with E-state index >= 15 is 0 Å². The summed E-state index contributed by atoms with van der Waals surface area (Å²) in [5, 5.41) is 6.24. The third-order valence-electron chi connectivity index (χ3n) is 4.13. The molecule has 0 bridgehead atoms. The van der Waals surface area contributed by atoms with Crippen LogP contribution >= 0.6 is 11.6 Å². The Morgan fingerprint density at radius 2 is 1.56 bits per heavy atom. The van der Waals surface area contributed by atoms with Crippen molar-refractivity contribution in [2.24, 2.45) is 0 Å². The van der Waals surface area contributed by atoms with Crippen molar-refractivity contribution in [2.45, 2.75) is 13.5 Å². The van der Waals surface area contributed by atoms with Crippen LogP contribution in [0.4, 0.5) is 5.69 Å². The standard InChI is InChI=1S/C22H19ClN2O2/c1-15-10-11-19(23)13-20(15)25-22(27)18-9-5-8-17(12-18)21(26)24-14-16-6-3-2-4-7-16/h2-13H,14H2,1H3,(H,24,26)(H,25,27). The van der Waals surface area contributed by atoms with E-state index in [1.807, 2.05) is 43.3 Å². The second-order valence-corrected chi connectivity index (χ2v) is 6.60. The number of rotatable bonds is 5. The van der Waals surface area contributed by atoms with Crippen LogP contribution in [0.1, 0.15) is 31.8 Å². The van der Waals surface area contributed by atoms with Gasteiger partial charge in [0.05, 0.1) is 0 Å². The molecular weight excluding hydrogens is 360 g/mol. The maximum atomic E-state index is 12.5. The highest BCUT2D eigenvalue weighted by Crippen LogP contribution is 2.21.